The van der Waals surface area contributed by atoms with E-state index in [2.05, 4.69) is 12.2 Å². The fraction of sp³-hybridized carbons (Fsp3) is 0.625. The van der Waals surface area contributed by atoms with E-state index in [-0.39, 0.29) is 12.1 Å². The molecular weight excluding hydrogens is 282 g/mol. The van der Waals surface area contributed by atoms with E-state index in [1.807, 2.05) is 0 Å². The van der Waals surface area contributed by atoms with E-state index in [0.29, 0.717) is 17.9 Å². The van der Waals surface area contributed by atoms with Gasteiger partial charge >= 0.3 is 6.18 Å². The zero-order valence-corrected chi connectivity index (χ0v) is 12.1. The number of halogens is 4. The molecule has 1 N–H and O–H groups in total. The largest absolute Gasteiger partial charge is 0.416 e. The van der Waals surface area contributed by atoms with Crippen molar-refractivity contribution in [3.05, 3.63) is 35.1 Å². The predicted molar refractivity (Wildman–Crippen MR) is 74.2 cm³/mol. The lowest BCUT2D eigenvalue weighted by Crippen LogP contribution is -2.27. The van der Waals surface area contributed by atoms with Crippen LogP contribution in [0.1, 0.15) is 43.7 Å². The summed E-state index contributed by atoms with van der Waals surface area (Å²) in [5, 5.41) is 3.10. The van der Waals surface area contributed by atoms with E-state index in [0.717, 1.165) is 25.5 Å². The predicted octanol–water partition coefficient (Wildman–Crippen LogP) is 4.76. The lowest BCUT2D eigenvalue weighted by molar-refractivity contribution is -0.138. The maximum Gasteiger partial charge on any atom is 0.416 e. The highest BCUT2D eigenvalue weighted by Gasteiger charge is 2.33. The average Bonchev–Trinajstić information content (AvgIpc) is 2.39. The van der Waals surface area contributed by atoms with E-state index in [4.69, 9.17) is 0 Å². The highest BCUT2D eigenvalue weighted by molar-refractivity contribution is 5.30. The van der Waals surface area contributed by atoms with E-state index in [9.17, 15) is 17.6 Å². The molecule has 0 amide bonds. The summed E-state index contributed by atoms with van der Waals surface area (Å²) in [6, 6.07) is 2.86. The van der Waals surface area contributed by atoms with Gasteiger partial charge in [0.05, 0.1) is 5.56 Å². The topological polar surface area (TPSA) is 12.0 Å². The molecule has 0 heterocycles. The Morgan fingerprint density at radius 1 is 1.24 bits per heavy atom. The van der Waals surface area contributed by atoms with Gasteiger partial charge in [0.25, 0.3) is 0 Å². The standard InChI is InChI=1S/C16H21F4N/c1-11-3-2-4-12(7-11)9-21-10-13-5-6-14(17)8-15(13)16(18,19)20/h5-6,8,11-12,21H,2-4,7,9-10H2,1H3. The molecule has 0 bridgehead atoms. The molecule has 1 aliphatic rings. The first-order valence-corrected chi connectivity index (χ1v) is 7.42. The molecule has 5 heteroatoms. The van der Waals surface area contributed by atoms with Gasteiger partial charge in [0.2, 0.25) is 0 Å². The summed E-state index contributed by atoms with van der Waals surface area (Å²) in [5.41, 5.74) is -0.778. The molecule has 0 spiro atoms. The van der Waals surface area contributed by atoms with Crippen molar-refractivity contribution in [2.75, 3.05) is 6.54 Å². The molecule has 2 rings (SSSR count). The quantitative estimate of drug-likeness (QED) is 0.791. The van der Waals surface area contributed by atoms with Gasteiger partial charge in [0.1, 0.15) is 5.82 Å². The van der Waals surface area contributed by atoms with Crippen molar-refractivity contribution in [3.63, 3.8) is 0 Å². The zero-order chi connectivity index (χ0) is 15.5. The number of rotatable bonds is 4. The van der Waals surface area contributed by atoms with Crippen LogP contribution in [0.3, 0.4) is 0 Å². The van der Waals surface area contributed by atoms with Crippen LogP contribution < -0.4 is 5.32 Å². The van der Waals surface area contributed by atoms with Gasteiger partial charge in [-0.05, 0) is 48.9 Å². The third-order valence-corrected chi connectivity index (χ3v) is 4.17. The molecule has 118 valence electrons. The SMILES string of the molecule is CC1CCCC(CNCc2ccc(F)cc2C(F)(F)F)C1. The van der Waals surface area contributed by atoms with E-state index >= 15 is 0 Å². The maximum absolute atomic E-state index is 13.0. The number of nitrogens with one attached hydrogen (secondary N) is 1. The highest BCUT2D eigenvalue weighted by Crippen LogP contribution is 2.33. The smallest absolute Gasteiger partial charge is 0.312 e. The van der Waals surface area contributed by atoms with Crippen molar-refractivity contribution >= 4 is 0 Å². The van der Waals surface area contributed by atoms with Gasteiger partial charge in [-0.15, -0.1) is 0 Å². The number of hydrogen-bond donors (Lipinski definition) is 1. The van der Waals surface area contributed by atoms with Crippen molar-refractivity contribution < 1.29 is 17.6 Å². The van der Waals surface area contributed by atoms with Gasteiger partial charge < -0.3 is 5.32 Å². The molecule has 0 aromatic heterocycles. The van der Waals surface area contributed by atoms with Crippen LogP contribution in [0, 0.1) is 17.7 Å². The number of hydrogen-bond acceptors (Lipinski definition) is 1. The van der Waals surface area contributed by atoms with Gasteiger partial charge in [0, 0.05) is 6.54 Å². The summed E-state index contributed by atoms with van der Waals surface area (Å²) in [6.07, 6.45) is 0.179. The molecule has 1 aromatic rings. The second-order valence-electron chi connectivity index (χ2n) is 6.07. The van der Waals surface area contributed by atoms with Gasteiger partial charge in [-0.25, -0.2) is 4.39 Å². The molecule has 0 radical (unpaired) electrons. The van der Waals surface area contributed by atoms with Crippen molar-refractivity contribution in [3.8, 4) is 0 Å². The van der Waals surface area contributed by atoms with Crippen LogP contribution in [-0.2, 0) is 12.7 Å². The first-order valence-electron chi connectivity index (χ1n) is 7.42. The monoisotopic (exact) mass is 303 g/mol. The number of alkyl halides is 3. The van der Waals surface area contributed by atoms with E-state index in [1.54, 1.807) is 0 Å². The Hall–Kier alpha value is -1.10. The lowest BCUT2D eigenvalue weighted by atomic mass is 9.82. The molecule has 0 saturated heterocycles. The summed E-state index contributed by atoms with van der Waals surface area (Å²) in [5.74, 6) is 0.373. The van der Waals surface area contributed by atoms with Crippen LogP contribution in [0.5, 0.6) is 0 Å². The molecular formula is C16H21F4N. The molecule has 21 heavy (non-hydrogen) atoms. The summed E-state index contributed by atoms with van der Waals surface area (Å²) in [4.78, 5) is 0. The molecule has 2 unspecified atom stereocenters. The fourth-order valence-electron chi connectivity index (χ4n) is 3.12. The van der Waals surface area contributed by atoms with Crippen LogP contribution >= 0.6 is 0 Å². The fourth-order valence-corrected chi connectivity index (χ4v) is 3.12. The number of benzene rings is 1. The molecule has 2 atom stereocenters. The van der Waals surface area contributed by atoms with Gasteiger partial charge in [0.15, 0.2) is 0 Å². The maximum atomic E-state index is 13.0. The second-order valence-corrected chi connectivity index (χ2v) is 6.07. The first-order chi connectivity index (χ1) is 9.86. The molecule has 1 nitrogen and oxygen atoms in total. The zero-order valence-electron chi connectivity index (χ0n) is 12.1. The van der Waals surface area contributed by atoms with Gasteiger partial charge in [-0.1, -0.05) is 25.8 Å². The van der Waals surface area contributed by atoms with Crippen LogP contribution in [0.15, 0.2) is 18.2 Å². The van der Waals surface area contributed by atoms with Crippen molar-refractivity contribution in [2.45, 2.75) is 45.3 Å². The third kappa shape index (κ3) is 4.70. The molecule has 1 aliphatic carbocycles. The Labute approximate surface area is 122 Å². The third-order valence-electron chi connectivity index (χ3n) is 4.17. The molecule has 1 aromatic carbocycles. The molecule has 0 aliphatic heterocycles. The normalized spacial score (nSPS) is 23.3. The highest BCUT2D eigenvalue weighted by atomic mass is 19.4. The first kappa shape index (κ1) is 16.3. The summed E-state index contributed by atoms with van der Waals surface area (Å²) in [6.45, 7) is 3.06. The minimum absolute atomic E-state index is 0.104. The van der Waals surface area contributed by atoms with Crippen LogP contribution in [0.2, 0.25) is 0 Å². The Bertz CT molecular complexity index is 470. The van der Waals surface area contributed by atoms with Crippen LogP contribution in [0.25, 0.3) is 0 Å². The minimum Gasteiger partial charge on any atom is -0.312 e. The average molecular weight is 303 g/mol. The molecule has 1 saturated carbocycles. The van der Waals surface area contributed by atoms with Gasteiger partial charge in [-0.2, -0.15) is 13.2 Å². The van der Waals surface area contributed by atoms with Crippen molar-refractivity contribution in [2.24, 2.45) is 11.8 Å². The van der Waals surface area contributed by atoms with Crippen molar-refractivity contribution in [1.29, 1.82) is 0 Å². The minimum atomic E-state index is -4.52. The Morgan fingerprint density at radius 3 is 2.67 bits per heavy atom. The Morgan fingerprint density at radius 2 is 2.00 bits per heavy atom. The van der Waals surface area contributed by atoms with E-state index < -0.39 is 17.6 Å². The molecule has 1 fully saturated rings. The summed E-state index contributed by atoms with van der Waals surface area (Å²) in [7, 11) is 0. The summed E-state index contributed by atoms with van der Waals surface area (Å²) >= 11 is 0. The summed E-state index contributed by atoms with van der Waals surface area (Å²) < 4.78 is 51.6. The van der Waals surface area contributed by atoms with Crippen LogP contribution in [0.4, 0.5) is 17.6 Å². The lowest BCUT2D eigenvalue weighted by Gasteiger charge is -2.27. The Balaban J connectivity index is 1.94. The van der Waals surface area contributed by atoms with Crippen LogP contribution in [-0.4, -0.2) is 6.54 Å². The van der Waals surface area contributed by atoms with Gasteiger partial charge in [-0.3, -0.25) is 0 Å². The van der Waals surface area contributed by atoms with Crippen molar-refractivity contribution in [1.82, 2.24) is 5.32 Å². The Kier molecular flexibility index (Phi) is 5.25. The second kappa shape index (κ2) is 6.77. The van der Waals surface area contributed by atoms with E-state index in [1.165, 1.54) is 18.9 Å².